The second kappa shape index (κ2) is 7.86. The largest absolute Gasteiger partial charge is 0.496 e. The summed E-state index contributed by atoms with van der Waals surface area (Å²) < 4.78 is 16.8. The van der Waals surface area contributed by atoms with Crippen LogP contribution in [-0.2, 0) is 13.2 Å². The van der Waals surface area contributed by atoms with E-state index in [4.69, 9.17) is 14.2 Å². The molecule has 3 aromatic carbocycles. The highest BCUT2D eigenvalue weighted by Crippen LogP contribution is 2.47. The van der Waals surface area contributed by atoms with Gasteiger partial charge in [-0.05, 0) is 76.3 Å². The summed E-state index contributed by atoms with van der Waals surface area (Å²) >= 11 is 0. The number of nitrogens with zero attached hydrogens (tertiary/aromatic N) is 1. The van der Waals surface area contributed by atoms with Crippen molar-refractivity contribution in [3.8, 4) is 17.2 Å². The van der Waals surface area contributed by atoms with E-state index in [1.807, 2.05) is 24.3 Å². The van der Waals surface area contributed by atoms with Crippen LogP contribution in [0, 0.1) is 0 Å². The molecule has 2 heterocycles. The average molecular weight is 424 g/mol. The fourth-order valence-electron chi connectivity index (χ4n) is 5.52. The fraction of sp³-hybridized carbons (Fsp3) is 0.440. The van der Waals surface area contributed by atoms with Crippen molar-refractivity contribution in [2.24, 2.45) is 0 Å². The smallest absolute Gasteiger partial charge is 0.161 e. The van der Waals surface area contributed by atoms with Gasteiger partial charge < -0.3 is 24.4 Å². The highest BCUT2D eigenvalue weighted by atomic mass is 16.5. The number of aliphatic hydroxyl groups excluding tert-OH is 2. The number of hydrogen-bond acceptors (Lipinski definition) is 6. The quantitative estimate of drug-likeness (QED) is 0.620. The van der Waals surface area contributed by atoms with Crippen LogP contribution in [-0.4, -0.2) is 49.0 Å². The lowest BCUT2D eigenvalue weighted by Gasteiger charge is -2.44. The molecule has 6 heteroatoms. The average Bonchev–Trinajstić information content (AvgIpc) is 2.82. The lowest BCUT2D eigenvalue weighted by atomic mass is 9.80. The summed E-state index contributed by atoms with van der Waals surface area (Å²) in [5, 5.41) is 25.5. The summed E-state index contributed by atoms with van der Waals surface area (Å²) in [6.07, 6.45) is 2.73. The van der Waals surface area contributed by atoms with Crippen molar-refractivity contribution in [3.05, 3.63) is 41.0 Å². The van der Waals surface area contributed by atoms with Gasteiger partial charge >= 0.3 is 0 Å². The predicted molar refractivity (Wildman–Crippen MR) is 120 cm³/mol. The molecule has 2 aliphatic rings. The zero-order valence-electron chi connectivity index (χ0n) is 18.3. The molecule has 1 saturated heterocycles. The maximum Gasteiger partial charge on any atom is 0.161 e. The van der Waals surface area contributed by atoms with Gasteiger partial charge in [-0.25, -0.2) is 0 Å². The summed E-state index contributed by atoms with van der Waals surface area (Å²) in [5.74, 6) is 1.96. The normalized spacial score (nSPS) is 21.1. The molecule has 0 spiro atoms. The summed E-state index contributed by atoms with van der Waals surface area (Å²) in [5.41, 5.74) is 2.82. The third-order valence-corrected chi connectivity index (χ3v) is 7.03. The third kappa shape index (κ3) is 3.04. The first kappa shape index (κ1) is 20.4. The van der Waals surface area contributed by atoms with Gasteiger partial charge in [0, 0.05) is 18.2 Å². The van der Waals surface area contributed by atoms with Crippen molar-refractivity contribution in [1.29, 1.82) is 0 Å². The summed E-state index contributed by atoms with van der Waals surface area (Å²) in [6.45, 7) is 1.67. The molecule has 0 radical (unpaired) electrons. The van der Waals surface area contributed by atoms with E-state index in [9.17, 15) is 10.2 Å². The molecule has 164 valence electrons. The van der Waals surface area contributed by atoms with Crippen LogP contribution >= 0.6 is 0 Å². The molecular formula is C25H29NO5. The summed E-state index contributed by atoms with van der Waals surface area (Å²) in [4.78, 5) is 2.41. The van der Waals surface area contributed by atoms with Gasteiger partial charge in [-0.3, -0.25) is 4.90 Å². The number of hydrogen-bond donors (Lipinski definition) is 2. The number of methoxy groups -OCH3 is 3. The Hall–Kier alpha value is -2.54. The molecule has 31 heavy (non-hydrogen) atoms. The van der Waals surface area contributed by atoms with Crippen LogP contribution in [0.5, 0.6) is 17.2 Å². The zero-order valence-corrected chi connectivity index (χ0v) is 18.3. The first-order valence-electron chi connectivity index (χ1n) is 10.8. The van der Waals surface area contributed by atoms with E-state index in [2.05, 4.69) is 4.90 Å². The van der Waals surface area contributed by atoms with Gasteiger partial charge in [0.1, 0.15) is 5.75 Å². The molecular weight excluding hydrogens is 394 g/mol. The van der Waals surface area contributed by atoms with E-state index in [1.165, 1.54) is 0 Å². The van der Waals surface area contributed by atoms with Gasteiger partial charge in [0.25, 0.3) is 0 Å². The Morgan fingerprint density at radius 1 is 0.871 bits per heavy atom. The van der Waals surface area contributed by atoms with Gasteiger partial charge in [-0.1, -0.05) is 6.42 Å². The fourth-order valence-corrected chi connectivity index (χ4v) is 5.52. The molecule has 5 rings (SSSR count). The molecule has 0 bridgehead atoms. The first-order chi connectivity index (χ1) is 15.1. The van der Waals surface area contributed by atoms with E-state index in [-0.39, 0.29) is 12.6 Å². The van der Waals surface area contributed by atoms with Crippen LogP contribution < -0.4 is 14.2 Å². The second-order valence-electron chi connectivity index (χ2n) is 8.49. The Kier molecular flexibility index (Phi) is 5.16. The predicted octanol–water partition coefficient (Wildman–Crippen LogP) is 3.91. The van der Waals surface area contributed by atoms with Crippen LogP contribution in [0.4, 0.5) is 0 Å². The molecule has 0 saturated carbocycles. The minimum absolute atomic E-state index is 0.121. The highest BCUT2D eigenvalue weighted by molar-refractivity contribution is 6.12. The van der Waals surface area contributed by atoms with Crippen LogP contribution in [0.15, 0.2) is 24.3 Å². The van der Waals surface area contributed by atoms with Crippen molar-refractivity contribution < 1.29 is 24.4 Å². The van der Waals surface area contributed by atoms with Crippen molar-refractivity contribution in [2.75, 3.05) is 27.9 Å². The maximum absolute atomic E-state index is 11.5. The van der Waals surface area contributed by atoms with Crippen LogP contribution in [0.2, 0.25) is 0 Å². The van der Waals surface area contributed by atoms with E-state index >= 15 is 0 Å². The summed E-state index contributed by atoms with van der Waals surface area (Å²) in [6, 6.07) is 8.09. The Balaban J connectivity index is 1.91. The molecule has 1 fully saturated rings. The van der Waals surface area contributed by atoms with E-state index in [1.54, 1.807) is 21.3 Å². The third-order valence-electron chi connectivity index (χ3n) is 7.03. The highest BCUT2D eigenvalue weighted by Gasteiger charge is 2.38. The standard InChI is InChI=1S/C25H29NO5/c1-29-21-11-18-15(8-14(21)13-27)16-9-22(30-2)23(31-3)10-17(16)19-12-26-7-5-4-6-20(26)25(28)24(18)19/h8-11,20,25,27-28H,4-7,12-13H2,1-3H3. The zero-order chi connectivity index (χ0) is 21.7. The Morgan fingerprint density at radius 2 is 1.52 bits per heavy atom. The molecule has 6 nitrogen and oxygen atoms in total. The minimum Gasteiger partial charge on any atom is -0.496 e. The number of benzene rings is 3. The minimum atomic E-state index is -0.575. The van der Waals surface area contributed by atoms with Gasteiger partial charge in [0.15, 0.2) is 11.5 Å². The van der Waals surface area contributed by atoms with Crippen molar-refractivity contribution >= 4 is 21.5 Å². The molecule has 0 amide bonds. The molecule has 0 aromatic heterocycles. The second-order valence-corrected chi connectivity index (χ2v) is 8.49. The van der Waals surface area contributed by atoms with E-state index < -0.39 is 6.10 Å². The van der Waals surface area contributed by atoms with E-state index in [0.717, 1.165) is 70.6 Å². The van der Waals surface area contributed by atoms with Crippen LogP contribution in [0.1, 0.15) is 42.1 Å². The molecule has 3 aromatic rings. The lowest BCUT2D eigenvalue weighted by molar-refractivity contribution is 0.00754. The number of piperidine rings is 1. The van der Waals surface area contributed by atoms with Crippen molar-refractivity contribution in [2.45, 2.75) is 44.6 Å². The van der Waals surface area contributed by atoms with E-state index in [0.29, 0.717) is 17.2 Å². The molecule has 0 aliphatic carbocycles. The number of fused-ring (bicyclic) bond motifs is 7. The SMILES string of the molecule is COc1cc2c3c(c4cc(OC)c(OC)cc4c2cc1CO)CN1CCCCC1C3O. The van der Waals surface area contributed by atoms with Crippen LogP contribution in [0.25, 0.3) is 21.5 Å². The molecule has 2 unspecified atom stereocenters. The van der Waals surface area contributed by atoms with Gasteiger partial charge in [-0.2, -0.15) is 0 Å². The molecule has 2 aliphatic heterocycles. The van der Waals surface area contributed by atoms with Crippen molar-refractivity contribution in [1.82, 2.24) is 4.90 Å². The topological polar surface area (TPSA) is 71.4 Å². The first-order valence-corrected chi connectivity index (χ1v) is 10.8. The van der Waals surface area contributed by atoms with Crippen molar-refractivity contribution in [3.63, 3.8) is 0 Å². The monoisotopic (exact) mass is 423 g/mol. The number of rotatable bonds is 4. The maximum atomic E-state index is 11.5. The van der Waals surface area contributed by atoms with Gasteiger partial charge in [-0.15, -0.1) is 0 Å². The van der Waals surface area contributed by atoms with Crippen LogP contribution in [0.3, 0.4) is 0 Å². The Labute approximate surface area is 181 Å². The number of aliphatic hydroxyl groups is 2. The Bertz CT molecular complexity index is 1160. The molecule has 2 N–H and O–H groups in total. The summed E-state index contributed by atoms with van der Waals surface area (Å²) in [7, 11) is 4.89. The number of ether oxygens (including phenoxy) is 3. The van der Waals surface area contributed by atoms with Gasteiger partial charge in [0.2, 0.25) is 0 Å². The van der Waals surface area contributed by atoms with Gasteiger partial charge in [0.05, 0.1) is 34.0 Å². The Morgan fingerprint density at radius 3 is 2.19 bits per heavy atom. The molecule has 2 atom stereocenters. The lowest BCUT2D eigenvalue weighted by Crippen LogP contribution is -2.46.